The summed E-state index contributed by atoms with van der Waals surface area (Å²) >= 11 is 5.56. The molecule has 0 radical (unpaired) electrons. The molecule has 0 atom stereocenters. The highest BCUT2D eigenvalue weighted by Gasteiger charge is 2.28. The van der Waals surface area contributed by atoms with E-state index in [2.05, 4.69) is 6.58 Å². The zero-order valence-electron chi connectivity index (χ0n) is 10.9. The highest BCUT2D eigenvalue weighted by molar-refractivity contribution is 7.53. The topological polar surface area (TPSA) is 44.8 Å². The predicted molar refractivity (Wildman–Crippen MR) is 70.7 cm³/mol. The molecule has 0 rings (SSSR count). The zero-order chi connectivity index (χ0) is 13.5. The van der Waals surface area contributed by atoms with Gasteiger partial charge in [0.1, 0.15) is 6.35 Å². The highest BCUT2D eigenvalue weighted by Crippen LogP contribution is 2.50. The number of hydrogen-bond donors (Lipinski definition) is 0. The maximum Gasteiger partial charge on any atom is 0.356 e. The second-order valence-electron chi connectivity index (χ2n) is 4.28. The number of hydrogen-bond acceptors (Lipinski definition) is 4. The van der Waals surface area contributed by atoms with Crippen LogP contribution in [0.3, 0.4) is 0 Å². The first-order valence-electron chi connectivity index (χ1n) is 5.55. The summed E-state index contributed by atoms with van der Waals surface area (Å²) in [5.74, 6) is 0.320. The minimum Gasteiger partial charge on any atom is -0.364 e. The monoisotopic (exact) mass is 284 g/mol. The smallest absolute Gasteiger partial charge is 0.356 e. The Morgan fingerprint density at radius 1 is 1.24 bits per heavy atom. The third-order valence-corrected chi connectivity index (χ3v) is 3.85. The molecule has 0 unspecified atom stereocenters. The molecule has 17 heavy (non-hydrogen) atoms. The number of ether oxygens (including phenoxy) is 1. The lowest BCUT2D eigenvalue weighted by Gasteiger charge is -2.22. The average Bonchev–Trinajstić information content (AvgIpc) is 2.14. The summed E-state index contributed by atoms with van der Waals surface area (Å²) in [5.41, 5.74) is 0.729. The van der Waals surface area contributed by atoms with Gasteiger partial charge in [0.05, 0.1) is 18.8 Å². The largest absolute Gasteiger partial charge is 0.364 e. The molecule has 6 heteroatoms. The van der Waals surface area contributed by atoms with Gasteiger partial charge < -0.3 is 13.8 Å². The van der Waals surface area contributed by atoms with Crippen LogP contribution < -0.4 is 0 Å². The van der Waals surface area contributed by atoms with E-state index in [1.165, 1.54) is 0 Å². The normalized spacial score (nSPS) is 12.4. The van der Waals surface area contributed by atoms with E-state index in [1.54, 1.807) is 27.7 Å². The Hall–Kier alpha value is 0.140. The quantitative estimate of drug-likeness (QED) is 0.367. The van der Waals surface area contributed by atoms with Gasteiger partial charge >= 0.3 is 7.60 Å². The van der Waals surface area contributed by atoms with Crippen molar-refractivity contribution in [3.05, 3.63) is 12.2 Å². The predicted octanol–water partition coefficient (Wildman–Crippen LogP) is 3.80. The van der Waals surface area contributed by atoms with E-state index in [0.29, 0.717) is 5.88 Å². The molecule has 0 saturated carbocycles. The second kappa shape index (κ2) is 8.28. The molecule has 0 fully saturated rings. The fourth-order valence-electron chi connectivity index (χ4n) is 1.07. The third kappa shape index (κ3) is 8.81. The lowest BCUT2D eigenvalue weighted by atomic mass is 10.4. The number of rotatable bonds is 9. The minimum atomic E-state index is -3.20. The first-order chi connectivity index (χ1) is 7.79. The molecular formula is C11H22ClO4P. The SMILES string of the molecule is C=C(CCl)COCP(=O)(OC(C)C)OC(C)C. The summed E-state index contributed by atoms with van der Waals surface area (Å²) in [6.45, 7) is 11.1. The summed E-state index contributed by atoms with van der Waals surface area (Å²) in [7, 11) is -3.20. The Bertz CT molecular complexity index is 265. The summed E-state index contributed by atoms with van der Waals surface area (Å²) in [6.07, 6.45) is -0.446. The summed E-state index contributed by atoms with van der Waals surface area (Å²) < 4.78 is 28.1. The van der Waals surface area contributed by atoms with Crippen molar-refractivity contribution >= 4 is 19.2 Å². The van der Waals surface area contributed by atoms with E-state index in [1.807, 2.05) is 0 Å². The number of alkyl halides is 1. The Balaban J connectivity index is 4.29. The van der Waals surface area contributed by atoms with Gasteiger partial charge in [0.2, 0.25) is 0 Å². The van der Waals surface area contributed by atoms with Gasteiger partial charge in [0.15, 0.2) is 0 Å². The van der Waals surface area contributed by atoms with Crippen LogP contribution in [0.5, 0.6) is 0 Å². The maximum absolute atomic E-state index is 12.3. The summed E-state index contributed by atoms with van der Waals surface area (Å²) in [4.78, 5) is 0. The first-order valence-corrected chi connectivity index (χ1v) is 7.81. The zero-order valence-corrected chi connectivity index (χ0v) is 12.6. The molecule has 0 heterocycles. The van der Waals surface area contributed by atoms with Crippen molar-refractivity contribution in [1.29, 1.82) is 0 Å². The molecule has 4 nitrogen and oxygen atoms in total. The van der Waals surface area contributed by atoms with Crippen LogP contribution in [-0.4, -0.2) is 31.0 Å². The van der Waals surface area contributed by atoms with Gasteiger partial charge in [-0.15, -0.1) is 11.6 Å². The Morgan fingerprint density at radius 2 is 1.71 bits per heavy atom. The van der Waals surface area contributed by atoms with Crippen molar-refractivity contribution in [3.8, 4) is 0 Å². The fraction of sp³-hybridized carbons (Fsp3) is 0.818. The molecule has 0 aromatic rings. The molecule has 0 spiro atoms. The van der Waals surface area contributed by atoms with Crippen LogP contribution in [0.15, 0.2) is 12.2 Å². The fourth-order valence-corrected chi connectivity index (χ4v) is 2.92. The molecule has 0 N–H and O–H groups in total. The van der Waals surface area contributed by atoms with Crippen LogP contribution in [0.1, 0.15) is 27.7 Å². The molecule has 0 aromatic carbocycles. The van der Waals surface area contributed by atoms with Crippen molar-refractivity contribution in [2.45, 2.75) is 39.9 Å². The second-order valence-corrected chi connectivity index (χ2v) is 6.45. The van der Waals surface area contributed by atoms with Crippen LogP contribution in [0.2, 0.25) is 0 Å². The van der Waals surface area contributed by atoms with Crippen molar-refractivity contribution in [2.24, 2.45) is 0 Å². The van der Waals surface area contributed by atoms with E-state index in [9.17, 15) is 4.57 Å². The van der Waals surface area contributed by atoms with Crippen molar-refractivity contribution in [2.75, 3.05) is 18.8 Å². The molecule has 0 saturated heterocycles. The molecule has 0 aliphatic heterocycles. The Morgan fingerprint density at radius 3 is 2.06 bits per heavy atom. The van der Waals surface area contributed by atoms with Crippen LogP contribution >= 0.6 is 19.2 Å². The molecule has 0 aliphatic carbocycles. The van der Waals surface area contributed by atoms with Gasteiger partial charge in [-0.05, 0) is 33.3 Å². The van der Waals surface area contributed by atoms with Gasteiger partial charge in [0.25, 0.3) is 0 Å². The van der Waals surface area contributed by atoms with E-state index in [0.717, 1.165) is 5.57 Å². The van der Waals surface area contributed by atoms with Crippen LogP contribution in [-0.2, 0) is 18.3 Å². The lowest BCUT2D eigenvalue weighted by Crippen LogP contribution is -2.12. The van der Waals surface area contributed by atoms with Gasteiger partial charge in [-0.2, -0.15) is 0 Å². The van der Waals surface area contributed by atoms with Crippen LogP contribution in [0, 0.1) is 0 Å². The molecule has 0 amide bonds. The van der Waals surface area contributed by atoms with Crippen molar-refractivity contribution in [3.63, 3.8) is 0 Å². The van der Waals surface area contributed by atoms with Crippen LogP contribution in [0.25, 0.3) is 0 Å². The van der Waals surface area contributed by atoms with Gasteiger partial charge in [-0.1, -0.05) is 6.58 Å². The van der Waals surface area contributed by atoms with E-state index < -0.39 is 7.60 Å². The molecular weight excluding hydrogens is 263 g/mol. The molecule has 0 bridgehead atoms. The van der Waals surface area contributed by atoms with E-state index in [4.69, 9.17) is 25.4 Å². The van der Waals surface area contributed by atoms with E-state index in [-0.39, 0.29) is 25.2 Å². The molecule has 102 valence electrons. The van der Waals surface area contributed by atoms with Gasteiger partial charge in [-0.3, -0.25) is 4.57 Å². The van der Waals surface area contributed by atoms with Gasteiger partial charge in [0, 0.05) is 5.88 Å². The Kier molecular flexibility index (Phi) is 8.35. The molecule has 0 aromatic heterocycles. The highest BCUT2D eigenvalue weighted by atomic mass is 35.5. The Labute approximate surface area is 109 Å². The van der Waals surface area contributed by atoms with Crippen LogP contribution in [0.4, 0.5) is 0 Å². The summed E-state index contributed by atoms with van der Waals surface area (Å²) in [6, 6.07) is 0. The molecule has 0 aliphatic rings. The van der Waals surface area contributed by atoms with E-state index >= 15 is 0 Å². The standard InChI is InChI=1S/C11H22ClO4P/c1-9(2)15-17(13,16-10(3)4)8-14-7-11(5)6-12/h9-10H,5-8H2,1-4H3. The van der Waals surface area contributed by atoms with Crippen molar-refractivity contribution < 1.29 is 18.3 Å². The summed E-state index contributed by atoms with van der Waals surface area (Å²) in [5, 5.41) is 0. The maximum atomic E-state index is 12.3. The van der Waals surface area contributed by atoms with Crippen molar-refractivity contribution in [1.82, 2.24) is 0 Å². The average molecular weight is 285 g/mol. The first kappa shape index (κ1) is 17.1. The lowest BCUT2D eigenvalue weighted by molar-refractivity contribution is 0.106. The number of halogens is 1. The van der Waals surface area contributed by atoms with Gasteiger partial charge in [-0.25, -0.2) is 0 Å². The minimum absolute atomic E-state index is 0.0841. The third-order valence-electron chi connectivity index (χ3n) is 1.49.